The molecule has 1 N–H and O–H groups in total. The lowest BCUT2D eigenvalue weighted by atomic mass is 10.1. The third-order valence-electron chi connectivity index (χ3n) is 5.16. The van der Waals surface area contributed by atoms with Crippen LogP contribution in [0, 0.1) is 6.92 Å². The number of hydrogen-bond acceptors (Lipinski definition) is 4. The fourth-order valence-electron chi connectivity index (χ4n) is 3.61. The minimum atomic E-state index is -0.0787. The van der Waals surface area contributed by atoms with Crippen LogP contribution >= 0.6 is 11.8 Å². The zero-order valence-electron chi connectivity index (χ0n) is 17.6. The number of carbonyl (C=O) groups excluding carboxylic acids is 1. The van der Waals surface area contributed by atoms with Crippen molar-refractivity contribution in [1.29, 1.82) is 0 Å². The summed E-state index contributed by atoms with van der Waals surface area (Å²) in [6, 6.07) is 17.0. The van der Waals surface area contributed by atoms with E-state index in [0.717, 1.165) is 28.2 Å². The summed E-state index contributed by atoms with van der Waals surface area (Å²) in [4.78, 5) is 17.3. The summed E-state index contributed by atoms with van der Waals surface area (Å²) < 4.78 is 1.88. The number of benzene rings is 2. The molecule has 0 aliphatic rings. The number of hydrogen-bond donors (Lipinski definition) is 1. The Labute approximate surface area is 180 Å². The molecule has 0 saturated heterocycles. The lowest BCUT2D eigenvalue weighted by molar-refractivity contribution is 0.0955. The first-order valence-electron chi connectivity index (χ1n) is 10.2. The molecule has 0 bridgehead atoms. The summed E-state index contributed by atoms with van der Waals surface area (Å²) in [5.41, 5.74) is 3.50. The van der Waals surface area contributed by atoms with Gasteiger partial charge in [-0.1, -0.05) is 42.5 Å². The number of pyridine rings is 1. The largest absolute Gasteiger partial charge is 0.351 e. The Balaban J connectivity index is 1.34. The number of aromatic nitrogens is 3. The van der Waals surface area contributed by atoms with Crippen molar-refractivity contribution in [2.75, 3.05) is 12.3 Å². The zero-order valence-corrected chi connectivity index (χ0v) is 18.4. The Hall–Kier alpha value is -2.86. The second-order valence-corrected chi connectivity index (χ2v) is 8.77. The van der Waals surface area contributed by atoms with Gasteiger partial charge in [-0.25, -0.2) is 9.67 Å². The van der Waals surface area contributed by atoms with Crippen molar-refractivity contribution in [3.05, 3.63) is 71.5 Å². The van der Waals surface area contributed by atoms with Crippen molar-refractivity contribution in [3.63, 3.8) is 0 Å². The van der Waals surface area contributed by atoms with Gasteiger partial charge in [-0.3, -0.25) is 4.79 Å². The van der Waals surface area contributed by atoms with E-state index in [4.69, 9.17) is 0 Å². The highest BCUT2D eigenvalue weighted by atomic mass is 32.2. The molecule has 0 spiro atoms. The summed E-state index contributed by atoms with van der Waals surface area (Å²) in [6.45, 7) is 6.64. The van der Waals surface area contributed by atoms with Crippen molar-refractivity contribution in [3.8, 4) is 0 Å². The van der Waals surface area contributed by atoms with Gasteiger partial charge in [0, 0.05) is 29.5 Å². The maximum atomic E-state index is 12.7. The van der Waals surface area contributed by atoms with Gasteiger partial charge in [-0.2, -0.15) is 16.9 Å². The minimum absolute atomic E-state index is 0.0787. The van der Waals surface area contributed by atoms with Gasteiger partial charge in [0.15, 0.2) is 5.65 Å². The number of rotatable bonds is 7. The number of carbonyl (C=O) groups is 1. The molecule has 5 nitrogen and oxygen atoms in total. The minimum Gasteiger partial charge on any atom is -0.351 e. The Morgan fingerprint density at radius 3 is 2.77 bits per heavy atom. The van der Waals surface area contributed by atoms with Crippen LogP contribution in [0.25, 0.3) is 21.8 Å². The molecule has 154 valence electrons. The van der Waals surface area contributed by atoms with E-state index in [0.29, 0.717) is 12.1 Å². The van der Waals surface area contributed by atoms with E-state index >= 15 is 0 Å². The number of nitrogens with zero attached hydrogens (tertiary/aromatic N) is 3. The lowest BCUT2D eigenvalue weighted by Gasteiger charge is -2.10. The third-order valence-corrected chi connectivity index (χ3v) is 6.17. The van der Waals surface area contributed by atoms with Crippen molar-refractivity contribution in [1.82, 2.24) is 20.1 Å². The molecule has 0 radical (unpaired) electrons. The van der Waals surface area contributed by atoms with E-state index in [1.807, 2.05) is 29.4 Å². The number of amides is 1. The molecular weight excluding hydrogens is 392 g/mol. The molecule has 0 fully saturated rings. The highest BCUT2D eigenvalue weighted by Gasteiger charge is 2.15. The highest BCUT2D eigenvalue weighted by Crippen LogP contribution is 2.23. The number of nitrogens with one attached hydrogen (secondary N) is 1. The van der Waals surface area contributed by atoms with E-state index in [2.05, 4.69) is 71.7 Å². The molecule has 0 saturated carbocycles. The number of aryl methyl sites for hydroxylation is 1. The maximum Gasteiger partial charge on any atom is 0.253 e. The molecule has 2 aromatic carbocycles. The molecule has 0 atom stereocenters. The fourth-order valence-corrected chi connectivity index (χ4v) is 4.47. The summed E-state index contributed by atoms with van der Waals surface area (Å²) in [5, 5.41) is 10.9. The van der Waals surface area contributed by atoms with Crippen LogP contribution < -0.4 is 5.32 Å². The van der Waals surface area contributed by atoms with Gasteiger partial charge in [-0.05, 0) is 43.2 Å². The molecule has 1 amide bonds. The first-order valence-corrected chi connectivity index (χ1v) is 11.4. The van der Waals surface area contributed by atoms with E-state index in [9.17, 15) is 4.79 Å². The molecule has 0 aliphatic carbocycles. The normalized spacial score (nSPS) is 11.5. The predicted molar refractivity (Wildman–Crippen MR) is 125 cm³/mol. The smallest absolute Gasteiger partial charge is 0.253 e. The summed E-state index contributed by atoms with van der Waals surface area (Å²) >= 11 is 1.83. The topological polar surface area (TPSA) is 59.8 Å². The summed E-state index contributed by atoms with van der Waals surface area (Å²) in [6.07, 6.45) is 1.78. The average Bonchev–Trinajstić information content (AvgIpc) is 3.15. The average molecular weight is 419 g/mol. The number of thioether (sulfide) groups is 1. The molecular formula is C24H26N4OS. The standard InChI is InChI=1S/C24H26N4OS/c1-16(2)28-23-20(14-26-28)13-22(17(3)27-23)24(29)25-11-12-30-15-19-9-6-8-18-7-4-5-10-21(18)19/h4-10,13-14,16H,11-12,15H2,1-3H3,(H,25,29). The van der Waals surface area contributed by atoms with Crippen LogP contribution in [-0.2, 0) is 5.75 Å². The van der Waals surface area contributed by atoms with Crippen molar-refractivity contribution in [2.45, 2.75) is 32.6 Å². The predicted octanol–water partition coefficient (Wildman–Crippen LogP) is 5.14. The molecule has 2 aromatic heterocycles. The molecule has 4 aromatic rings. The maximum absolute atomic E-state index is 12.7. The van der Waals surface area contributed by atoms with Crippen LogP contribution in [0.2, 0.25) is 0 Å². The Morgan fingerprint density at radius 2 is 1.93 bits per heavy atom. The summed E-state index contributed by atoms with van der Waals surface area (Å²) in [7, 11) is 0. The van der Waals surface area contributed by atoms with E-state index < -0.39 is 0 Å². The van der Waals surface area contributed by atoms with Crippen LogP contribution in [-0.4, -0.2) is 33.0 Å². The Morgan fingerprint density at radius 1 is 1.13 bits per heavy atom. The summed E-state index contributed by atoms with van der Waals surface area (Å²) in [5.74, 6) is 1.71. The monoisotopic (exact) mass is 418 g/mol. The molecule has 30 heavy (non-hydrogen) atoms. The molecule has 2 heterocycles. The van der Waals surface area contributed by atoms with Crippen molar-refractivity contribution < 1.29 is 4.79 Å². The Kier molecular flexibility index (Phi) is 6.04. The van der Waals surface area contributed by atoms with Crippen LogP contribution in [0.15, 0.2) is 54.7 Å². The SMILES string of the molecule is Cc1nc2c(cnn2C(C)C)cc1C(=O)NCCSCc1cccc2ccccc12. The fraction of sp³-hybridized carbons (Fsp3) is 0.292. The van der Waals surface area contributed by atoms with Crippen LogP contribution in [0.3, 0.4) is 0 Å². The molecule has 6 heteroatoms. The van der Waals surface area contributed by atoms with Crippen LogP contribution in [0.5, 0.6) is 0 Å². The van der Waals surface area contributed by atoms with Gasteiger partial charge in [0.05, 0.1) is 17.5 Å². The van der Waals surface area contributed by atoms with Crippen LogP contribution in [0.4, 0.5) is 0 Å². The van der Waals surface area contributed by atoms with Gasteiger partial charge in [0.1, 0.15) is 0 Å². The van der Waals surface area contributed by atoms with Crippen LogP contribution in [0.1, 0.15) is 41.5 Å². The van der Waals surface area contributed by atoms with Gasteiger partial charge in [0.25, 0.3) is 5.91 Å². The van der Waals surface area contributed by atoms with E-state index in [1.165, 1.54) is 16.3 Å². The van der Waals surface area contributed by atoms with Gasteiger partial charge in [0.2, 0.25) is 0 Å². The molecule has 0 unspecified atom stereocenters. The van der Waals surface area contributed by atoms with Gasteiger partial charge in [-0.15, -0.1) is 0 Å². The van der Waals surface area contributed by atoms with Crippen molar-refractivity contribution in [2.24, 2.45) is 0 Å². The quantitative estimate of drug-likeness (QED) is 0.422. The second kappa shape index (κ2) is 8.88. The second-order valence-electron chi connectivity index (χ2n) is 7.66. The number of fused-ring (bicyclic) bond motifs is 2. The molecule has 0 aliphatic heterocycles. The van der Waals surface area contributed by atoms with Crippen molar-refractivity contribution >= 4 is 39.5 Å². The molecule has 4 rings (SSSR count). The zero-order chi connectivity index (χ0) is 21.1. The van der Waals surface area contributed by atoms with Gasteiger partial charge >= 0.3 is 0 Å². The van der Waals surface area contributed by atoms with Gasteiger partial charge < -0.3 is 5.32 Å². The third kappa shape index (κ3) is 4.19. The Bertz CT molecular complexity index is 1190. The van der Waals surface area contributed by atoms with E-state index in [-0.39, 0.29) is 11.9 Å². The highest BCUT2D eigenvalue weighted by molar-refractivity contribution is 7.98. The first kappa shape index (κ1) is 20.4. The lowest BCUT2D eigenvalue weighted by Crippen LogP contribution is -2.26. The van der Waals surface area contributed by atoms with E-state index in [1.54, 1.807) is 6.20 Å². The first-order chi connectivity index (χ1) is 14.5.